The van der Waals surface area contributed by atoms with Crippen LogP contribution < -0.4 is 5.32 Å². The van der Waals surface area contributed by atoms with E-state index in [9.17, 15) is 15.0 Å². The molecule has 0 fully saturated rings. The molecule has 280 valence electrons. The maximum atomic E-state index is 12.2. The van der Waals surface area contributed by atoms with Crippen molar-refractivity contribution in [1.82, 2.24) is 5.32 Å². The number of carbonyl (C=O) groups excluding carboxylic acids is 1. The second-order valence-electron chi connectivity index (χ2n) is 12.6. The Bertz CT molecular complexity index is 1050. The van der Waals surface area contributed by atoms with E-state index in [1.807, 2.05) is 0 Å². The van der Waals surface area contributed by atoms with Gasteiger partial charge in [0.25, 0.3) is 0 Å². The zero-order valence-corrected chi connectivity index (χ0v) is 31.9. The molecule has 0 heterocycles. The quantitative estimate of drug-likeness (QED) is 0.0475. The van der Waals surface area contributed by atoms with Crippen LogP contribution in [0.5, 0.6) is 0 Å². The van der Waals surface area contributed by atoms with E-state index in [1.54, 1.807) is 0 Å². The van der Waals surface area contributed by atoms with Crippen LogP contribution in [0.25, 0.3) is 0 Å². The molecule has 0 aliphatic rings. The molecule has 0 aromatic rings. The van der Waals surface area contributed by atoms with Gasteiger partial charge in [-0.05, 0) is 89.9 Å². The van der Waals surface area contributed by atoms with Gasteiger partial charge in [-0.1, -0.05) is 167 Å². The molecule has 4 heteroatoms. The smallest absolute Gasteiger partial charge is 0.220 e. The number of aliphatic hydroxyl groups is 2. The Hall–Kier alpha value is -3.21. The molecular weight excluding hydrogens is 615 g/mol. The molecule has 0 saturated carbocycles. The summed E-state index contributed by atoms with van der Waals surface area (Å²) in [7, 11) is 0. The molecule has 0 radical (unpaired) electrons. The van der Waals surface area contributed by atoms with E-state index in [0.717, 1.165) is 96.3 Å². The summed E-state index contributed by atoms with van der Waals surface area (Å²) in [5, 5.41) is 22.7. The van der Waals surface area contributed by atoms with Gasteiger partial charge in [0.2, 0.25) is 5.91 Å². The van der Waals surface area contributed by atoms with Crippen molar-refractivity contribution in [1.29, 1.82) is 0 Å². The maximum absolute atomic E-state index is 12.2. The molecule has 0 rings (SSSR count). The highest BCUT2D eigenvalue weighted by atomic mass is 16.3. The Kier molecular flexibility index (Phi) is 37.6. The monoisotopic (exact) mass is 688 g/mol. The number of nitrogens with one attached hydrogen (secondary N) is 1. The maximum Gasteiger partial charge on any atom is 0.220 e. The minimum Gasteiger partial charge on any atom is -0.394 e. The third-order valence-corrected chi connectivity index (χ3v) is 7.99. The second kappa shape index (κ2) is 40.2. The second-order valence-corrected chi connectivity index (χ2v) is 12.6. The molecular formula is C46H73NO3. The summed E-state index contributed by atoms with van der Waals surface area (Å²) in [5.41, 5.74) is 0. The largest absolute Gasteiger partial charge is 0.394 e. The van der Waals surface area contributed by atoms with Crippen LogP contribution in [0, 0.1) is 0 Å². The van der Waals surface area contributed by atoms with Gasteiger partial charge in [-0.25, -0.2) is 0 Å². The fraction of sp³-hybridized carbons (Fsp3) is 0.543. The van der Waals surface area contributed by atoms with E-state index in [1.165, 1.54) is 19.3 Å². The zero-order valence-electron chi connectivity index (χ0n) is 31.9. The number of rotatable bonds is 33. The van der Waals surface area contributed by atoms with E-state index in [4.69, 9.17) is 0 Å². The molecule has 0 spiro atoms. The lowest BCUT2D eigenvalue weighted by Crippen LogP contribution is -2.45. The molecule has 0 bridgehead atoms. The van der Waals surface area contributed by atoms with Crippen LogP contribution >= 0.6 is 0 Å². The van der Waals surface area contributed by atoms with Gasteiger partial charge < -0.3 is 15.5 Å². The summed E-state index contributed by atoms with van der Waals surface area (Å²) in [5.74, 6) is -0.0885. The minimum atomic E-state index is -0.682. The van der Waals surface area contributed by atoms with Crippen LogP contribution in [-0.2, 0) is 4.79 Å². The third kappa shape index (κ3) is 36.1. The lowest BCUT2D eigenvalue weighted by atomic mass is 10.0. The van der Waals surface area contributed by atoms with Crippen molar-refractivity contribution in [2.75, 3.05) is 6.61 Å². The van der Waals surface area contributed by atoms with Gasteiger partial charge in [0.15, 0.2) is 0 Å². The average Bonchev–Trinajstić information content (AvgIpc) is 3.12. The van der Waals surface area contributed by atoms with E-state index >= 15 is 0 Å². The Labute approximate surface area is 308 Å². The van der Waals surface area contributed by atoms with Gasteiger partial charge in [0.1, 0.15) is 0 Å². The average molecular weight is 688 g/mol. The van der Waals surface area contributed by atoms with Crippen molar-refractivity contribution >= 4 is 5.91 Å². The number of hydrogen-bond acceptors (Lipinski definition) is 3. The summed E-state index contributed by atoms with van der Waals surface area (Å²) in [4.78, 5) is 12.2. The standard InChI is InChI=1S/C46H73NO3/c1-3-5-7-9-10-11-12-13-14-15-16-17-18-19-20-21-22-23-24-25-26-27-28-29-30-31-32-33-34-35-36-38-40-42-46(50)47-44(43-48)45(49)41-39-37-8-6-4-2/h5,7,10-11,13-14,16-17,19-20,22-23,25-26,28-29,31-32,34-35,44-45,48-49H,3-4,6,8-9,12,15,18,21,24,27,30,33,36-43H2,1-2H3,(H,47,50)/b7-5-,11-10-,14-13-,17-16-,20-19-,23-22-,26-25-,29-28-,32-31-,35-34-. The first kappa shape index (κ1) is 46.8. The van der Waals surface area contributed by atoms with E-state index in [-0.39, 0.29) is 12.5 Å². The molecule has 2 unspecified atom stereocenters. The molecule has 3 N–H and O–H groups in total. The fourth-order valence-corrected chi connectivity index (χ4v) is 4.97. The first-order chi connectivity index (χ1) is 24.7. The van der Waals surface area contributed by atoms with Crippen LogP contribution in [0.2, 0.25) is 0 Å². The Morgan fingerprint density at radius 3 is 1.26 bits per heavy atom. The highest BCUT2D eigenvalue weighted by Gasteiger charge is 2.19. The lowest BCUT2D eigenvalue weighted by Gasteiger charge is -2.22. The van der Waals surface area contributed by atoms with Crippen molar-refractivity contribution in [2.45, 2.75) is 154 Å². The van der Waals surface area contributed by atoms with Crippen molar-refractivity contribution in [3.05, 3.63) is 122 Å². The van der Waals surface area contributed by atoms with Gasteiger partial charge in [0.05, 0.1) is 18.8 Å². The Morgan fingerprint density at radius 2 is 0.880 bits per heavy atom. The van der Waals surface area contributed by atoms with E-state index < -0.39 is 12.1 Å². The first-order valence-electron chi connectivity index (χ1n) is 19.7. The van der Waals surface area contributed by atoms with Gasteiger partial charge in [0, 0.05) is 6.42 Å². The summed E-state index contributed by atoms with van der Waals surface area (Å²) in [6, 6.07) is -0.564. The number of hydrogen-bond donors (Lipinski definition) is 3. The van der Waals surface area contributed by atoms with Crippen LogP contribution in [0.3, 0.4) is 0 Å². The summed E-state index contributed by atoms with van der Waals surface area (Å²) < 4.78 is 0. The number of carbonyl (C=O) groups is 1. The van der Waals surface area contributed by atoms with E-state index in [0.29, 0.717) is 12.8 Å². The Morgan fingerprint density at radius 1 is 0.500 bits per heavy atom. The number of aliphatic hydroxyl groups excluding tert-OH is 2. The van der Waals surface area contributed by atoms with Crippen LogP contribution in [0.15, 0.2) is 122 Å². The summed E-state index contributed by atoms with van der Waals surface area (Å²) >= 11 is 0. The predicted octanol–water partition coefficient (Wildman–Crippen LogP) is 12.2. The van der Waals surface area contributed by atoms with E-state index in [2.05, 4.69) is 141 Å². The van der Waals surface area contributed by atoms with Crippen LogP contribution in [0.1, 0.15) is 142 Å². The molecule has 0 saturated heterocycles. The lowest BCUT2D eigenvalue weighted by molar-refractivity contribution is -0.123. The summed E-state index contributed by atoms with van der Waals surface area (Å²) in [6.07, 6.45) is 63.0. The van der Waals surface area contributed by atoms with Gasteiger partial charge in [-0.3, -0.25) is 4.79 Å². The van der Waals surface area contributed by atoms with Crippen LogP contribution in [-0.4, -0.2) is 34.9 Å². The third-order valence-electron chi connectivity index (χ3n) is 7.99. The topological polar surface area (TPSA) is 69.6 Å². The van der Waals surface area contributed by atoms with Gasteiger partial charge in [-0.15, -0.1) is 0 Å². The molecule has 0 aliphatic carbocycles. The van der Waals surface area contributed by atoms with Gasteiger partial charge in [-0.2, -0.15) is 0 Å². The van der Waals surface area contributed by atoms with Crippen molar-refractivity contribution in [3.8, 4) is 0 Å². The number of unbranched alkanes of at least 4 members (excludes halogenated alkanes) is 6. The molecule has 1 amide bonds. The SMILES string of the molecule is CC/C=C\C/C=C\C/C=C\C/C=C\C/C=C\C/C=C\C/C=C\C/C=C\C/C=C\C/C=C\CCCCC(=O)NC(CO)C(O)CCCCCCC. The molecule has 2 atom stereocenters. The van der Waals surface area contributed by atoms with Crippen LogP contribution in [0.4, 0.5) is 0 Å². The first-order valence-corrected chi connectivity index (χ1v) is 19.7. The molecule has 50 heavy (non-hydrogen) atoms. The van der Waals surface area contributed by atoms with Gasteiger partial charge >= 0.3 is 0 Å². The van der Waals surface area contributed by atoms with Crippen molar-refractivity contribution < 1.29 is 15.0 Å². The zero-order chi connectivity index (χ0) is 36.4. The number of allylic oxidation sites excluding steroid dienone is 20. The molecule has 0 aliphatic heterocycles. The molecule has 4 nitrogen and oxygen atoms in total. The minimum absolute atomic E-state index is 0.0885. The molecule has 0 aromatic carbocycles. The highest BCUT2D eigenvalue weighted by molar-refractivity contribution is 5.76. The Balaban J connectivity index is 3.73. The fourth-order valence-electron chi connectivity index (χ4n) is 4.97. The predicted molar refractivity (Wildman–Crippen MR) is 220 cm³/mol. The highest BCUT2D eigenvalue weighted by Crippen LogP contribution is 2.10. The normalized spacial score (nSPS) is 14.4. The summed E-state index contributed by atoms with van der Waals surface area (Å²) in [6.45, 7) is 4.11. The van der Waals surface area contributed by atoms with Crippen molar-refractivity contribution in [2.24, 2.45) is 0 Å². The van der Waals surface area contributed by atoms with Crippen molar-refractivity contribution in [3.63, 3.8) is 0 Å². The molecule has 0 aromatic heterocycles. The number of amides is 1.